The molecule has 0 N–H and O–H groups in total. The van der Waals surface area contributed by atoms with Gasteiger partial charge in [0.05, 0.1) is 0 Å². The molecule has 0 spiro atoms. The first-order chi connectivity index (χ1) is 12.6. The number of hydrogen-bond donors (Lipinski definition) is 0. The van der Waals surface area contributed by atoms with Crippen molar-refractivity contribution >= 4 is 27.7 Å². The fourth-order valence-electron chi connectivity index (χ4n) is 2.66. The fraction of sp³-hybridized carbons (Fsp3) is 0.222. The van der Waals surface area contributed by atoms with Gasteiger partial charge >= 0.3 is 0 Å². The van der Waals surface area contributed by atoms with Crippen molar-refractivity contribution < 1.29 is 13.9 Å². The first-order valence-electron chi connectivity index (χ1n) is 7.96. The molecule has 2 heterocycles. The standard InChI is InChI=1S/C18H15BrFN3O2S/c1-23-17(16-9-24-14-4-2-3-5-15(14)25-16)21-22-18(23)26-10-11-6-7-12(19)8-13(11)20/h2-8,16H,9-10H2,1H3. The molecule has 26 heavy (non-hydrogen) atoms. The second-order valence-corrected chi connectivity index (χ2v) is 7.65. The first kappa shape index (κ1) is 17.4. The van der Waals surface area contributed by atoms with Crippen molar-refractivity contribution in [3.05, 3.63) is 64.1 Å². The molecule has 1 unspecified atom stereocenters. The molecule has 0 saturated heterocycles. The van der Waals surface area contributed by atoms with E-state index in [2.05, 4.69) is 26.1 Å². The molecule has 2 aromatic carbocycles. The maximum Gasteiger partial charge on any atom is 0.192 e. The third-order valence-corrected chi connectivity index (χ3v) is 5.60. The van der Waals surface area contributed by atoms with Gasteiger partial charge in [-0.3, -0.25) is 0 Å². The Hall–Kier alpha value is -2.06. The van der Waals surface area contributed by atoms with E-state index >= 15 is 0 Å². The van der Waals surface area contributed by atoms with E-state index in [0.29, 0.717) is 34.7 Å². The molecule has 1 aliphatic rings. The fourth-order valence-corrected chi connectivity index (χ4v) is 3.90. The summed E-state index contributed by atoms with van der Waals surface area (Å²) in [5, 5.41) is 9.16. The van der Waals surface area contributed by atoms with Crippen LogP contribution in [0.3, 0.4) is 0 Å². The predicted octanol–water partition coefficient (Wildman–Crippen LogP) is 4.52. The number of hydrogen-bond acceptors (Lipinski definition) is 5. The Kier molecular flexibility index (Phi) is 4.86. The van der Waals surface area contributed by atoms with E-state index in [4.69, 9.17) is 9.47 Å². The molecule has 1 atom stereocenters. The van der Waals surface area contributed by atoms with E-state index in [1.807, 2.05) is 41.9 Å². The van der Waals surface area contributed by atoms with Gasteiger partial charge in [-0.25, -0.2) is 4.39 Å². The summed E-state index contributed by atoms with van der Waals surface area (Å²) in [5.74, 6) is 2.33. The van der Waals surface area contributed by atoms with Crippen LogP contribution in [0.5, 0.6) is 11.5 Å². The zero-order chi connectivity index (χ0) is 18.1. The van der Waals surface area contributed by atoms with Gasteiger partial charge in [-0.2, -0.15) is 0 Å². The van der Waals surface area contributed by atoms with E-state index < -0.39 is 0 Å². The molecule has 3 aromatic rings. The average molecular weight is 436 g/mol. The number of ether oxygens (including phenoxy) is 2. The van der Waals surface area contributed by atoms with Crippen molar-refractivity contribution in [2.75, 3.05) is 6.61 Å². The predicted molar refractivity (Wildman–Crippen MR) is 100.0 cm³/mol. The molecule has 0 amide bonds. The van der Waals surface area contributed by atoms with Crippen molar-refractivity contribution in [2.24, 2.45) is 7.05 Å². The van der Waals surface area contributed by atoms with E-state index in [9.17, 15) is 4.39 Å². The van der Waals surface area contributed by atoms with Gasteiger partial charge in [0.2, 0.25) is 0 Å². The van der Waals surface area contributed by atoms with Gasteiger partial charge in [-0.15, -0.1) is 10.2 Å². The molecule has 4 rings (SSSR count). The molecule has 0 radical (unpaired) electrons. The van der Waals surface area contributed by atoms with E-state index in [0.717, 1.165) is 10.2 Å². The van der Waals surface area contributed by atoms with Crippen molar-refractivity contribution in [3.63, 3.8) is 0 Å². The number of nitrogens with zero attached hydrogens (tertiary/aromatic N) is 3. The molecule has 1 aliphatic heterocycles. The van der Waals surface area contributed by atoms with Crippen LogP contribution in [0.2, 0.25) is 0 Å². The lowest BCUT2D eigenvalue weighted by molar-refractivity contribution is 0.0825. The van der Waals surface area contributed by atoms with Gasteiger partial charge in [-0.05, 0) is 29.8 Å². The first-order valence-corrected chi connectivity index (χ1v) is 9.74. The lowest BCUT2D eigenvalue weighted by Gasteiger charge is -2.25. The van der Waals surface area contributed by atoms with Crippen LogP contribution in [-0.4, -0.2) is 21.4 Å². The molecule has 8 heteroatoms. The highest BCUT2D eigenvalue weighted by molar-refractivity contribution is 9.10. The number of halogens is 2. The molecule has 1 aromatic heterocycles. The molecule has 0 fully saturated rings. The van der Waals surface area contributed by atoms with Gasteiger partial charge in [0.25, 0.3) is 0 Å². The number of fused-ring (bicyclic) bond motifs is 1. The number of benzene rings is 2. The second kappa shape index (κ2) is 7.28. The smallest absolute Gasteiger partial charge is 0.192 e. The minimum absolute atomic E-state index is 0.241. The van der Waals surface area contributed by atoms with Crippen molar-refractivity contribution in [1.82, 2.24) is 14.8 Å². The lowest BCUT2D eigenvalue weighted by atomic mass is 10.2. The lowest BCUT2D eigenvalue weighted by Crippen LogP contribution is -2.24. The topological polar surface area (TPSA) is 49.2 Å². The van der Waals surface area contributed by atoms with Crippen molar-refractivity contribution in [1.29, 1.82) is 0 Å². The molecule has 5 nitrogen and oxygen atoms in total. The second-order valence-electron chi connectivity index (χ2n) is 5.79. The third kappa shape index (κ3) is 3.43. The quantitative estimate of drug-likeness (QED) is 0.563. The Morgan fingerprint density at radius 3 is 2.85 bits per heavy atom. The van der Waals surface area contributed by atoms with Gasteiger partial charge in [0.15, 0.2) is 28.6 Å². The zero-order valence-corrected chi connectivity index (χ0v) is 16.3. The van der Waals surface area contributed by atoms with Crippen molar-refractivity contribution in [2.45, 2.75) is 17.0 Å². The van der Waals surface area contributed by atoms with E-state index in [-0.39, 0.29) is 11.9 Å². The van der Waals surface area contributed by atoms with Gasteiger partial charge in [0.1, 0.15) is 12.4 Å². The Labute approximate surface area is 162 Å². The third-order valence-electron chi connectivity index (χ3n) is 4.04. The normalized spacial score (nSPS) is 15.9. The number of aromatic nitrogens is 3. The minimum atomic E-state index is -0.332. The summed E-state index contributed by atoms with van der Waals surface area (Å²) in [5.41, 5.74) is 0.619. The summed E-state index contributed by atoms with van der Waals surface area (Å²) in [6, 6.07) is 12.6. The summed E-state index contributed by atoms with van der Waals surface area (Å²) >= 11 is 4.69. The Morgan fingerprint density at radius 2 is 2.04 bits per heavy atom. The Balaban J connectivity index is 1.48. The number of para-hydroxylation sites is 2. The van der Waals surface area contributed by atoms with Crippen LogP contribution in [0.25, 0.3) is 0 Å². The average Bonchev–Trinajstić information content (AvgIpc) is 3.01. The number of rotatable bonds is 4. The van der Waals surface area contributed by atoms with Crippen LogP contribution in [0.4, 0.5) is 4.39 Å². The Bertz CT molecular complexity index is 950. The van der Waals surface area contributed by atoms with E-state index in [1.54, 1.807) is 6.07 Å². The number of thioether (sulfide) groups is 1. The summed E-state index contributed by atoms with van der Waals surface area (Å²) in [6.07, 6.45) is -0.332. The minimum Gasteiger partial charge on any atom is -0.485 e. The molecule has 0 saturated carbocycles. The molecular formula is C18H15BrFN3O2S. The maximum atomic E-state index is 14.0. The largest absolute Gasteiger partial charge is 0.485 e. The SMILES string of the molecule is Cn1c(SCc2ccc(Br)cc2F)nnc1C1COc2ccccc2O1. The highest BCUT2D eigenvalue weighted by Gasteiger charge is 2.27. The highest BCUT2D eigenvalue weighted by atomic mass is 79.9. The van der Waals surface area contributed by atoms with Crippen LogP contribution in [-0.2, 0) is 12.8 Å². The zero-order valence-electron chi connectivity index (χ0n) is 13.9. The summed E-state index contributed by atoms with van der Waals surface area (Å²) in [4.78, 5) is 0. The molecular weight excluding hydrogens is 421 g/mol. The van der Waals surface area contributed by atoms with Crippen LogP contribution in [0.15, 0.2) is 52.1 Å². The highest BCUT2D eigenvalue weighted by Crippen LogP contribution is 2.36. The Morgan fingerprint density at radius 1 is 1.23 bits per heavy atom. The van der Waals surface area contributed by atoms with Gasteiger partial charge in [-0.1, -0.05) is 45.9 Å². The van der Waals surface area contributed by atoms with Gasteiger partial charge < -0.3 is 14.0 Å². The van der Waals surface area contributed by atoms with Crippen LogP contribution in [0.1, 0.15) is 17.5 Å². The monoisotopic (exact) mass is 435 g/mol. The maximum absolute atomic E-state index is 14.0. The van der Waals surface area contributed by atoms with Crippen LogP contribution < -0.4 is 9.47 Å². The molecule has 0 aliphatic carbocycles. The van der Waals surface area contributed by atoms with Crippen LogP contribution in [0, 0.1) is 5.82 Å². The summed E-state index contributed by atoms with van der Waals surface area (Å²) < 4.78 is 28.3. The van der Waals surface area contributed by atoms with E-state index in [1.165, 1.54) is 17.8 Å². The van der Waals surface area contributed by atoms with Gasteiger partial charge in [0, 0.05) is 17.3 Å². The summed E-state index contributed by atoms with van der Waals surface area (Å²) in [6.45, 7) is 0.370. The van der Waals surface area contributed by atoms with Crippen LogP contribution >= 0.6 is 27.7 Å². The van der Waals surface area contributed by atoms with Crippen molar-refractivity contribution in [3.8, 4) is 11.5 Å². The molecule has 134 valence electrons. The summed E-state index contributed by atoms with van der Waals surface area (Å²) in [7, 11) is 1.87. The molecule has 0 bridgehead atoms.